The Hall–Kier alpha value is -1.62. The second-order valence-corrected chi connectivity index (χ2v) is 3.77. The minimum absolute atomic E-state index is 0.186. The highest BCUT2D eigenvalue weighted by atomic mass is 32.1. The largest absolute Gasteiger partial charge is 0.384 e. The summed E-state index contributed by atoms with van der Waals surface area (Å²) < 4.78 is 0. The van der Waals surface area contributed by atoms with Crippen molar-refractivity contribution in [1.82, 2.24) is 5.43 Å². The molecule has 0 bridgehead atoms. The quantitative estimate of drug-likeness (QED) is 0.395. The van der Waals surface area contributed by atoms with Crippen molar-refractivity contribution in [2.75, 3.05) is 11.9 Å². The zero-order chi connectivity index (χ0) is 10.7. The van der Waals surface area contributed by atoms with Crippen LogP contribution in [0, 0.1) is 0 Å². The van der Waals surface area contributed by atoms with Gasteiger partial charge in [-0.25, -0.2) is 0 Å². The Balaban J connectivity index is 2.08. The standard InChI is InChI=1S/C10H12N4S/c11-10(15)14-13-6-7-5-12-9-4-2-1-3-8(7)9/h1-4,6-7,12H,5H2,(H3,11,14,15)/b13-6+. The molecule has 1 atom stereocenters. The molecule has 5 heteroatoms. The summed E-state index contributed by atoms with van der Waals surface area (Å²) in [5.74, 6) is 0.281. The normalized spacial score (nSPS) is 18.5. The fourth-order valence-electron chi connectivity index (χ4n) is 1.64. The number of anilines is 1. The molecule has 0 saturated carbocycles. The van der Waals surface area contributed by atoms with Crippen LogP contribution >= 0.6 is 12.2 Å². The van der Waals surface area contributed by atoms with E-state index in [1.165, 1.54) is 11.3 Å². The van der Waals surface area contributed by atoms with E-state index in [1.54, 1.807) is 0 Å². The van der Waals surface area contributed by atoms with Crippen LogP contribution in [0.4, 0.5) is 5.69 Å². The first kappa shape index (κ1) is 9.92. The fourth-order valence-corrected chi connectivity index (χ4v) is 1.69. The van der Waals surface area contributed by atoms with Crippen LogP contribution in [0.3, 0.4) is 0 Å². The van der Waals surface area contributed by atoms with Gasteiger partial charge in [-0.2, -0.15) is 5.10 Å². The third-order valence-corrected chi connectivity index (χ3v) is 2.39. The minimum Gasteiger partial charge on any atom is -0.384 e. The fraction of sp³-hybridized carbons (Fsp3) is 0.200. The van der Waals surface area contributed by atoms with Crippen LogP contribution in [0.1, 0.15) is 11.5 Å². The number of hydrogen-bond acceptors (Lipinski definition) is 3. The van der Waals surface area contributed by atoms with E-state index in [9.17, 15) is 0 Å². The Labute approximate surface area is 93.5 Å². The number of para-hydroxylation sites is 1. The van der Waals surface area contributed by atoms with E-state index in [0.717, 1.165) is 6.54 Å². The van der Waals surface area contributed by atoms with Gasteiger partial charge in [-0.3, -0.25) is 5.43 Å². The van der Waals surface area contributed by atoms with Crippen LogP contribution in [0.5, 0.6) is 0 Å². The Morgan fingerprint density at radius 3 is 3.20 bits per heavy atom. The number of hydrazone groups is 1. The van der Waals surface area contributed by atoms with Crippen molar-refractivity contribution in [1.29, 1.82) is 0 Å². The van der Waals surface area contributed by atoms with Crippen molar-refractivity contribution in [2.24, 2.45) is 10.8 Å². The number of thiocarbonyl (C=S) groups is 1. The lowest BCUT2D eigenvalue weighted by Crippen LogP contribution is -2.24. The molecule has 1 aliphatic heterocycles. The Morgan fingerprint density at radius 2 is 2.40 bits per heavy atom. The van der Waals surface area contributed by atoms with Gasteiger partial charge in [0.15, 0.2) is 5.11 Å². The average Bonchev–Trinajstić information content (AvgIpc) is 2.62. The molecule has 0 aliphatic carbocycles. The molecule has 15 heavy (non-hydrogen) atoms. The van der Waals surface area contributed by atoms with E-state index in [2.05, 4.69) is 40.2 Å². The lowest BCUT2D eigenvalue weighted by Gasteiger charge is -2.02. The van der Waals surface area contributed by atoms with E-state index in [-0.39, 0.29) is 11.0 Å². The Kier molecular flexibility index (Phi) is 2.82. The molecule has 4 nitrogen and oxygen atoms in total. The summed E-state index contributed by atoms with van der Waals surface area (Å²) in [6.07, 6.45) is 1.82. The van der Waals surface area contributed by atoms with E-state index >= 15 is 0 Å². The molecular formula is C10H12N4S. The second kappa shape index (κ2) is 4.27. The topological polar surface area (TPSA) is 62.4 Å². The van der Waals surface area contributed by atoms with Gasteiger partial charge >= 0.3 is 0 Å². The van der Waals surface area contributed by atoms with E-state index < -0.39 is 0 Å². The first-order valence-corrected chi connectivity index (χ1v) is 5.09. The lowest BCUT2D eigenvalue weighted by atomic mass is 10.0. The first-order chi connectivity index (χ1) is 7.27. The van der Waals surface area contributed by atoms with Crippen LogP contribution in [0.15, 0.2) is 29.4 Å². The molecule has 1 aromatic rings. The monoisotopic (exact) mass is 220 g/mol. The maximum Gasteiger partial charge on any atom is 0.184 e. The highest BCUT2D eigenvalue weighted by Gasteiger charge is 2.19. The number of nitrogens with zero attached hydrogens (tertiary/aromatic N) is 1. The summed E-state index contributed by atoms with van der Waals surface area (Å²) in [6, 6.07) is 8.18. The van der Waals surface area contributed by atoms with E-state index in [0.29, 0.717) is 0 Å². The third kappa shape index (κ3) is 2.24. The molecule has 78 valence electrons. The summed E-state index contributed by atoms with van der Waals surface area (Å²) in [7, 11) is 0. The number of nitrogens with one attached hydrogen (secondary N) is 2. The number of hydrogen-bond donors (Lipinski definition) is 3. The summed E-state index contributed by atoms with van der Waals surface area (Å²) >= 11 is 4.65. The molecule has 1 aliphatic rings. The highest BCUT2D eigenvalue weighted by Crippen LogP contribution is 2.29. The van der Waals surface area contributed by atoms with Crippen LogP contribution in [-0.2, 0) is 0 Å². The number of nitrogens with two attached hydrogens (primary N) is 1. The molecular weight excluding hydrogens is 208 g/mol. The molecule has 0 amide bonds. The van der Waals surface area contributed by atoms with Gasteiger partial charge in [-0.15, -0.1) is 0 Å². The number of fused-ring (bicyclic) bond motifs is 1. The van der Waals surface area contributed by atoms with Crippen molar-refractivity contribution in [2.45, 2.75) is 5.92 Å². The van der Waals surface area contributed by atoms with Crippen LogP contribution in [0.25, 0.3) is 0 Å². The van der Waals surface area contributed by atoms with Gasteiger partial charge in [-0.1, -0.05) is 18.2 Å². The zero-order valence-electron chi connectivity index (χ0n) is 8.10. The van der Waals surface area contributed by atoms with Crippen molar-refractivity contribution >= 4 is 29.2 Å². The molecule has 1 heterocycles. The number of rotatable bonds is 2. The summed E-state index contributed by atoms with van der Waals surface area (Å²) in [5, 5.41) is 7.46. The van der Waals surface area contributed by atoms with E-state index in [4.69, 9.17) is 5.73 Å². The molecule has 2 rings (SSSR count). The number of benzene rings is 1. The smallest absolute Gasteiger partial charge is 0.184 e. The molecule has 1 unspecified atom stereocenters. The van der Waals surface area contributed by atoms with Gasteiger partial charge in [0.25, 0.3) is 0 Å². The average molecular weight is 220 g/mol. The van der Waals surface area contributed by atoms with Crippen molar-refractivity contribution in [3.8, 4) is 0 Å². The third-order valence-electron chi connectivity index (χ3n) is 2.30. The first-order valence-electron chi connectivity index (χ1n) is 4.69. The van der Waals surface area contributed by atoms with Gasteiger partial charge in [0, 0.05) is 24.4 Å². The van der Waals surface area contributed by atoms with Gasteiger partial charge in [-0.05, 0) is 23.8 Å². The second-order valence-electron chi connectivity index (χ2n) is 3.33. The van der Waals surface area contributed by atoms with Crippen molar-refractivity contribution < 1.29 is 0 Å². The maximum atomic E-state index is 5.26. The minimum atomic E-state index is 0.186. The van der Waals surface area contributed by atoms with Gasteiger partial charge in [0.2, 0.25) is 0 Å². The summed E-state index contributed by atoms with van der Waals surface area (Å²) in [5.41, 5.74) is 10.2. The molecule has 0 spiro atoms. The Bertz CT molecular complexity index is 402. The van der Waals surface area contributed by atoms with E-state index in [1.807, 2.05) is 18.3 Å². The molecule has 1 aromatic carbocycles. The molecule has 0 radical (unpaired) electrons. The SMILES string of the molecule is NC(=S)N/N=C/C1CNc2ccccc21. The van der Waals surface area contributed by atoms with Gasteiger partial charge in [0.1, 0.15) is 0 Å². The molecule has 0 fully saturated rings. The van der Waals surface area contributed by atoms with Crippen molar-refractivity contribution in [3.63, 3.8) is 0 Å². The van der Waals surface area contributed by atoms with Crippen LogP contribution < -0.4 is 16.5 Å². The summed E-state index contributed by atoms with van der Waals surface area (Å²) in [4.78, 5) is 0. The predicted molar refractivity (Wildman–Crippen MR) is 66.1 cm³/mol. The lowest BCUT2D eigenvalue weighted by molar-refractivity contribution is 0.969. The molecule has 0 aromatic heterocycles. The maximum absolute atomic E-state index is 5.26. The molecule has 4 N–H and O–H groups in total. The van der Waals surface area contributed by atoms with Crippen LogP contribution in [-0.4, -0.2) is 17.9 Å². The Morgan fingerprint density at radius 1 is 1.60 bits per heavy atom. The molecule has 0 saturated heterocycles. The predicted octanol–water partition coefficient (Wildman–Crippen LogP) is 1.01. The highest BCUT2D eigenvalue weighted by molar-refractivity contribution is 7.80. The van der Waals surface area contributed by atoms with Gasteiger partial charge < -0.3 is 11.1 Å². The zero-order valence-corrected chi connectivity index (χ0v) is 8.92. The van der Waals surface area contributed by atoms with Crippen molar-refractivity contribution in [3.05, 3.63) is 29.8 Å². The summed E-state index contributed by atoms with van der Waals surface area (Å²) in [6.45, 7) is 0.863. The van der Waals surface area contributed by atoms with Gasteiger partial charge in [0.05, 0.1) is 0 Å². The van der Waals surface area contributed by atoms with Crippen LogP contribution in [0.2, 0.25) is 0 Å².